The van der Waals surface area contributed by atoms with Crippen LogP contribution in [0.25, 0.3) is 0 Å². The number of carbonyl (C=O) groups is 1. The van der Waals surface area contributed by atoms with Crippen molar-refractivity contribution in [3.05, 3.63) is 65.7 Å². The largest absolute Gasteiger partial charge is 0.489 e. The van der Waals surface area contributed by atoms with Crippen LogP contribution in [0.15, 0.2) is 54.6 Å². The first-order chi connectivity index (χ1) is 12.9. The van der Waals surface area contributed by atoms with Gasteiger partial charge < -0.3 is 15.4 Å². The molecule has 1 aliphatic carbocycles. The zero-order chi connectivity index (χ0) is 19.4. The number of hydrogen-bond acceptors (Lipinski definition) is 3. The molecular weight excluding hydrogens is 336 g/mol. The summed E-state index contributed by atoms with van der Waals surface area (Å²) in [6, 6.07) is 18.3. The second kappa shape index (κ2) is 8.13. The Labute approximate surface area is 162 Å². The van der Waals surface area contributed by atoms with E-state index in [1.807, 2.05) is 42.3 Å². The normalized spacial score (nSPS) is 18.8. The first-order valence-electron chi connectivity index (χ1n) is 9.61. The van der Waals surface area contributed by atoms with E-state index in [-0.39, 0.29) is 17.2 Å². The molecular formula is C23H30N2O2. The van der Waals surface area contributed by atoms with E-state index in [0.717, 1.165) is 17.7 Å². The van der Waals surface area contributed by atoms with E-state index in [4.69, 9.17) is 10.5 Å². The monoisotopic (exact) mass is 366 g/mol. The molecule has 0 aliphatic heterocycles. The molecule has 3 rings (SSSR count). The Hall–Kier alpha value is -2.33. The smallest absolute Gasteiger partial charge is 0.226 e. The van der Waals surface area contributed by atoms with Crippen LogP contribution in [0.3, 0.4) is 0 Å². The predicted molar refractivity (Wildman–Crippen MR) is 109 cm³/mol. The molecule has 1 fully saturated rings. The molecule has 0 aromatic heterocycles. The van der Waals surface area contributed by atoms with Gasteiger partial charge >= 0.3 is 0 Å². The second-order valence-electron chi connectivity index (χ2n) is 8.35. The molecule has 0 saturated heterocycles. The fraction of sp³-hybridized carbons (Fsp3) is 0.435. The third kappa shape index (κ3) is 5.10. The van der Waals surface area contributed by atoms with Gasteiger partial charge in [-0.15, -0.1) is 0 Å². The number of rotatable bonds is 8. The zero-order valence-electron chi connectivity index (χ0n) is 16.5. The number of hydrogen-bond donors (Lipinski definition) is 1. The number of amides is 1. The maximum atomic E-state index is 12.7. The lowest BCUT2D eigenvalue weighted by molar-refractivity contribution is -0.132. The SMILES string of the molecule is CN(CC(C)(C)CN)C(=O)C1CC1c1ccc(OCc2ccccc2)cc1. The highest BCUT2D eigenvalue weighted by Gasteiger charge is 2.45. The lowest BCUT2D eigenvalue weighted by Crippen LogP contribution is -2.40. The van der Waals surface area contributed by atoms with Gasteiger partial charge in [-0.3, -0.25) is 4.79 Å². The number of benzene rings is 2. The molecule has 4 heteroatoms. The molecule has 2 aromatic carbocycles. The van der Waals surface area contributed by atoms with Gasteiger partial charge in [0.25, 0.3) is 0 Å². The fourth-order valence-corrected chi connectivity index (χ4v) is 3.46. The molecule has 1 amide bonds. The summed E-state index contributed by atoms with van der Waals surface area (Å²) in [4.78, 5) is 14.5. The summed E-state index contributed by atoms with van der Waals surface area (Å²) in [5.41, 5.74) is 8.11. The van der Waals surface area contributed by atoms with Crippen molar-refractivity contribution in [2.45, 2.75) is 32.8 Å². The highest BCUT2D eigenvalue weighted by molar-refractivity contribution is 5.82. The summed E-state index contributed by atoms with van der Waals surface area (Å²) >= 11 is 0. The summed E-state index contributed by atoms with van der Waals surface area (Å²) in [6.07, 6.45) is 0.927. The predicted octanol–water partition coefficient (Wildman–Crippen LogP) is 3.81. The van der Waals surface area contributed by atoms with Gasteiger partial charge in [-0.1, -0.05) is 56.3 Å². The molecule has 0 bridgehead atoms. The number of carbonyl (C=O) groups excluding carboxylic acids is 1. The first-order valence-corrected chi connectivity index (χ1v) is 9.61. The van der Waals surface area contributed by atoms with E-state index >= 15 is 0 Å². The van der Waals surface area contributed by atoms with Crippen molar-refractivity contribution in [1.29, 1.82) is 0 Å². The van der Waals surface area contributed by atoms with Gasteiger partial charge in [-0.2, -0.15) is 0 Å². The van der Waals surface area contributed by atoms with Crippen molar-refractivity contribution in [3.63, 3.8) is 0 Å². The first kappa shape index (κ1) is 19.4. The summed E-state index contributed by atoms with van der Waals surface area (Å²) in [7, 11) is 1.88. The van der Waals surface area contributed by atoms with Gasteiger partial charge in [-0.05, 0) is 47.6 Å². The van der Waals surface area contributed by atoms with Crippen molar-refractivity contribution < 1.29 is 9.53 Å². The zero-order valence-corrected chi connectivity index (χ0v) is 16.5. The van der Waals surface area contributed by atoms with Crippen LogP contribution >= 0.6 is 0 Å². The molecule has 2 atom stereocenters. The Morgan fingerprint density at radius 1 is 1.15 bits per heavy atom. The second-order valence-corrected chi connectivity index (χ2v) is 8.35. The minimum atomic E-state index is -0.0491. The van der Waals surface area contributed by atoms with Crippen LogP contribution in [-0.4, -0.2) is 30.9 Å². The molecule has 0 radical (unpaired) electrons. The van der Waals surface area contributed by atoms with E-state index < -0.39 is 0 Å². The summed E-state index contributed by atoms with van der Waals surface area (Å²) in [6.45, 7) is 6.01. The van der Waals surface area contributed by atoms with Crippen molar-refractivity contribution in [2.24, 2.45) is 17.1 Å². The van der Waals surface area contributed by atoms with Crippen LogP contribution in [0.4, 0.5) is 0 Å². The molecule has 144 valence electrons. The molecule has 2 aromatic rings. The van der Waals surface area contributed by atoms with Crippen molar-refractivity contribution in [1.82, 2.24) is 4.90 Å². The average Bonchev–Trinajstić information content (AvgIpc) is 3.47. The maximum absolute atomic E-state index is 12.7. The van der Waals surface area contributed by atoms with Crippen LogP contribution < -0.4 is 10.5 Å². The average molecular weight is 367 g/mol. The molecule has 1 aliphatic rings. The fourth-order valence-electron chi connectivity index (χ4n) is 3.46. The Morgan fingerprint density at radius 3 is 2.44 bits per heavy atom. The van der Waals surface area contributed by atoms with E-state index in [2.05, 4.69) is 38.1 Å². The Balaban J connectivity index is 1.52. The standard InChI is InChI=1S/C23H30N2O2/c1-23(2,15-24)16-25(3)22(26)21-13-20(21)18-9-11-19(12-10-18)27-14-17-7-5-4-6-8-17/h4-12,20-21H,13-16,24H2,1-3H3. The molecule has 4 nitrogen and oxygen atoms in total. The lowest BCUT2D eigenvalue weighted by Gasteiger charge is -2.29. The Kier molecular flexibility index (Phi) is 5.85. The molecule has 1 saturated carbocycles. The lowest BCUT2D eigenvalue weighted by atomic mass is 9.93. The summed E-state index contributed by atoms with van der Waals surface area (Å²) < 4.78 is 5.84. The summed E-state index contributed by atoms with van der Waals surface area (Å²) in [5, 5.41) is 0. The molecule has 2 N–H and O–H groups in total. The third-order valence-electron chi connectivity index (χ3n) is 5.26. The van der Waals surface area contributed by atoms with Crippen LogP contribution in [0.2, 0.25) is 0 Å². The van der Waals surface area contributed by atoms with E-state index in [1.54, 1.807) is 0 Å². The number of ether oxygens (including phenoxy) is 1. The maximum Gasteiger partial charge on any atom is 0.226 e. The molecule has 0 heterocycles. The van der Waals surface area contributed by atoms with Crippen molar-refractivity contribution in [3.8, 4) is 5.75 Å². The van der Waals surface area contributed by atoms with Gasteiger partial charge in [0.15, 0.2) is 0 Å². The topological polar surface area (TPSA) is 55.6 Å². The van der Waals surface area contributed by atoms with Crippen LogP contribution in [0, 0.1) is 11.3 Å². The minimum absolute atomic E-state index is 0.0491. The van der Waals surface area contributed by atoms with Gasteiger partial charge in [0.1, 0.15) is 12.4 Å². The Bertz CT molecular complexity index is 756. The van der Waals surface area contributed by atoms with Gasteiger partial charge in [0.2, 0.25) is 5.91 Å². The number of nitrogens with two attached hydrogens (primary N) is 1. The van der Waals surface area contributed by atoms with Crippen LogP contribution in [-0.2, 0) is 11.4 Å². The highest BCUT2D eigenvalue weighted by atomic mass is 16.5. The van der Waals surface area contributed by atoms with E-state index in [1.165, 1.54) is 5.56 Å². The van der Waals surface area contributed by atoms with Gasteiger partial charge in [-0.25, -0.2) is 0 Å². The van der Waals surface area contributed by atoms with E-state index in [0.29, 0.717) is 25.6 Å². The van der Waals surface area contributed by atoms with Gasteiger partial charge in [0, 0.05) is 19.5 Å². The molecule has 2 unspecified atom stereocenters. The van der Waals surface area contributed by atoms with Gasteiger partial charge in [0.05, 0.1) is 0 Å². The van der Waals surface area contributed by atoms with Crippen LogP contribution in [0.5, 0.6) is 5.75 Å². The third-order valence-corrected chi connectivity index (χ3v) is 5.26. The minimum Gasteiger partial charge on any atom is -0.489 e. The quantitative estimate of drug-likeness (QED) is 0.773. The molecule has 27 heavy (non-hydrogen) atoms. The van der Waals surface area contributed by atoms with Crippen molar-refractivity contribution >= 4 is 5.91 Å². The van der Waals surface area contributed by atoms with Crippen molar-refractivity contribution in [2.75, 3.05) is 20.1 Å². The highest BCUT2D eigenvalue weighted by Crippen LogP contribution is 2.48. The molecule has 0 spiro atoms. The number of nitrogens with zero attached hydrogens (tertiary/aromatic N) is 1. The van der Waals surface area contributed by atoms with E-state index in [9.17, 15) is 4.79 Å². The Morgan fingerprint density at radius 2 is 1.81 bits per heavy atom. The summed E-state index contributed by atoms with van der Waals surface area (Å²) in [5.74, 6) is 1.50. The van der Waals surface area contributed by atoms with Crippen LogP contribution in [0.1, 0.15) is 37.3 Å².